The molecule has 0 amide bonds. The van der Waals surface area contributed by atoms with Crippen molar-refractivity contribution in [2.45, 2.75) is 25.1 Å². The van der Waals surface area contributed by atoms with Gasteiger partial charge in [0.25, 0.3) is 0 Å². The van der Waals surface area contributed by atoms with Crippen molar-refractivity contribution in [3.8, 4) is 5.75 Å². The SMILES string of the molecule is Oc1c(Br)cc(Br)c([C@H](CCC(F)(F)F)N2CCNCC2)c1Br. The number of phenolic OH excluding ortho intramolecular Hbond substituents is 1. The lowest BCUT2D eigenvalue weighted by molar-refractivity contribution is -0.138. The summed E-state index contributed by atoms with van der Waals surface area (Å²) in [4.78, 5) is 2.03. The number of nitrogens with zero attached hydrogens (tertiary/aromatic N) is 1. The average Bonchev–Trinajstić information content (AvgIpc) is 2.48. The number of alkyl halides is 3. The van der Waals surface area contributed by atoms with Crippen molar-refractivity contribution in [3.05, 3.63) is 25.0 Å². The van der Waals surface area contributed by atoms with Gasteiger partial charge in [-0.1, -0.05) is 15.9 Å². The molecule has 3 nitrogen and oxygen atoms in total. The minimum atomic E-state index is -4.21. The summed E-state index contributed by atoms with van der Waals surface area (Å²) >= 11 is 9.99. The Morgan fingerprint density at radius 3 is 2.35 bits per heavy atom. The van der Waals surface area contributed by atoms with Gasteiger partial charge in [-0.25, -0.2) is 0 Å². The summed E-state index contributed by atoms with van der Waals surface area (Å²) in [5.41, 5.74) is 0.650. The van der Waals surface area contributed by atoms with Gasteiger partial charge in [-0.05, 0) is 44.3 Å². The van der Waals surface area contributed by atoms with E-state index in [4.69, 9.17) is 0 Å². The van der Waals surface area contributed by atoms with Crippen LogP contribution < -0.4 is 5.32 Å². The Labute approximate surface area is 158 Å². The zero-order valence-electron chi connectivity index (χ0n) is 12.1. The van der Waals surface area contributed by atoms with E-state index in [2.05, 4.69) is 53.1 Å². The van der Waals surface area contributed by atoms with Gasteiger partial charge >= 0.3 is 6.18 Å². The van der Waals surface area contributed by atoms with Crippen LogP contribution in [0.15, 0.2) is 19.5 Å². The first-order valence-corrected chi connectivity index (χ1v) is 9.46. The van der Waals surface area contributed by atoms with Gasteiger partial charge in [0.2, 0.25) is 0 Å². The van der Waals surface area contributed by atoms with E-state index >= 15 is 0 Å². The highest BCUT2D eigenvalue weighted by Gasteiger charge is 2.33. The monoisotopic (exact) mass is 522 g/mol. The second kappa shape index (κ2) is 8.03. The highest BCUT2D eigenvalue weighted by molar-refractivity contribution is 9.11. The molecule has 1 heterocycles. The van der Waals surface area contributed by atoms with Crippen LogP contribution in [0.4, 0.5) is 13.2 Å². The van der Waals surface area contributed by atoms with Crippen molar-refractivity contribution in [3.63, 3.8) is 0 Å². The molecule has 0 saturated carbocycles. The van der Waals surface area contributed by atoms with Crippen LogP contribution in [-0.4, -0.2) is 42.4 Å². The second-order valence-corrected chi connectivity index (χ2v) is 7.87. The number of halogens is 6. The molecule has 1 fully saturated rings. The van der Waals surface area contributed by atoms with E-state index in [0.29, 0.717) is 32.1 Å². The van der Waals surface area contributed by atoms with E-state index in [0.717, 1.165) is 13.1 Å². The molecular formula is C14H16Br3F3N2O. The molecule has 0 aromatic heterocycles. The van der Waals surface area contributed by atoms with Crippen LogP contribution in [0.2, 0.25) is 0 Å². The highest BCUT2D eigenvalue weighted by Crippen LogP contribution is 2.45. The lowest BCUT2D eigenvalue weighted by Gasteiger charge is -2.36. The first-order valence-electron chi connectivity index (χ1n) is 7.08. The van der Waals surface area contributed by atoms with Crippen LogP contribution in [0.3, 0.4) is 0 Å². The molecule has 0 aliphatic carbocycles. The topological polar surface area (TPSA) is 35.5 Å². The second-order valence-electron chi connectivity index (χ2n) is 5.37. The van der Waals surface area contributed by atoms with Crippen molar-refractivity contribution < 1.29 is 18.3 Å². The van der Waals surface area contributed by atoms with Crippen molar-refractivity contribution in [1.82, 2.24) is 10.2 Å². The molecule has 1 aromatic carbocycles. The Kier molecular flexibility index (Phi) is 6.81. The van der Waals surface area contributed by atoms with Gasteiger partial charge in [-0.15, -0.1) is 0 Å². The summed E-state index contributed by atoms with van der Waals surface area (Å²) < 4.78 is 39.8. The number of aromatic hydroxyl groups is 1. The van der Waals surface area contributed by atoms with E-state index in [9.17, 15) is 18.3 Å². The van der Waals surface area contributed by atoms with Crippen LogP contribution in [0.25, 0.3) is 0 Å². The van der Waals surface area contributed by atoms with Gasteiger partial charge in [0.05, 0.1) is 8.95 Å². The molecule has 130 valence electrons. The van der Waals surface area contributed by atoms with Gasteiger partial charge in [-0.3, -0.25) is 4.90 Å². The Hall–Kier alpha value is 0.170. The summed E-state index contributed by atoms with van der Waals surface area (Å²) in [6.07, 6.45) is -5.12. The van der Waals surface area contributed by atoms with Crippen molar-refractivity contribution in [1.29, 1.82) is 0 Å². The normalized spacial score (nSPS) is 18.2. The summed E-state index contributed by atoms with van der Waals surface area (Å²) in [5, 5.41) is 13.3. The molecular weight excluding hydrogens is 509 g/mol. The molecule has 23 heavy (non-hydrogen) atoms. The maximum absolute atomic E-state index is 12.7. The zero-order chi connectivity index (χ0) is 17.2. The molecule has 0 spiro atoms. The summed E-state index contributed by atoms with van der Waals surface area (Å²) in [6, 6.07) is 1.24. The number of benzene rings is 1. The molecule has 2 rings (SSSR count). The number of hydrogen-bond acceptors (Lipinski definition) is 3. The molecule has 0 radical (unpaired) electrons. The Bertz CT molecular complexity index is 563. The lowest BCUT2D eigenvalue weighted by atomic mass is 9.99. The molecule has 1 aliphatic heterocycles. The van der Waals surface area contributed by atoms with E-state index in [1.54, 1.807) is 6.07 Å². The van der Waals surface area contributed by atoms with Gasteiger partial charge in [0.1, 0.15) is 5.75 Å². The lowest BCUT2D eigenvalue weighted by Crippen LogP contribution is -2.45. The smallest absolute Gasteiger partial charge is 0.389 e. The summed E-state index contributed by atoms with van der Waals surface area (Å²) in [5.74, 6) is -0.00431. The Morgan fingerprint density at radius 1 is 1.17 bits per heavy atom. The number of rotatable bonds is 4. The quantitative estimate of drug-likeness (QED) is 0.584. The maximum Gasteiger partial charge on any atom is 0.389 e. The van der Waals surface area contributed by atoms with Gasteiger partial charge in [0.15, 0.2) is 0 Å². The third-order valence-electron chi connectivity index (χ3n) is 3.81. The predicted molar refractivity (Wildman–Crippen MR) is 93.7 cm³/mol. The minimum absolute atomic E-state index is 0.00431. The van der Waals surface area contributed by atoms with Crippen LogP contribution in [0.5, 0.6) is 5.75 Å². The minimum Gasteiger partial charge on any atom is -0.506 e. The van der Waals surface area contributed by atoms with Crippen LogP contribution in [-0.2, 0) is 0 Å². The average molecular weight is 525 g/mol. The van der Waals surface area contributed by atoms with E-state index < -0.39 is 18.6 Å². The molecule has 1 aromatic rings. The Morgan fingerprint density at radius 2 is 1.78 bits per heavy atom. The van der Waals surface area contributed by atoms with Crippen LogP contribution >= 0.6 is 47.8 Å². The maximum atomic E-state index is 12.7. The van der Waals surface area contributed by atoms with Gasteiger partial charge in [0, 0.05) is 48.7 Å². The fourth-order valence-corrected chi connectivity index (χ4v) is 5.35. The fourth-order valence-electron chi connectivity index (χ4n) is 2.70. The summed E-state index contributed by atoms with van der Waals surface area (Å²) in [6.45, 7) is 2.80. The molecule has 1 atom stereocenters. The number of phenols is 1. The van der Waals surface area contributed by atoms with Gasteiger partial charge < -0.3 is 10.4 Å². The molecule has 0 bridgehead atoms. The van der Waals surface area contributed by atoms with Crippen molar-refractivity contribution >= 4 is 47.8 Å². The predicted octanol–water partition coefficient (Wildman–Crippen LogP) is 4.97. The summed E-state index contributed by atoms with van der Waals surface area (Å²) in [7, 11) is 0. The van der Waals surface area contributed by atoms with E-state index in [-0.39, 0.29) is 12.2 Å². The number of hydrogen-bond donors (Lipinski definition) is 2. The van der Waals surface area contributed by atoms with Gasteiger partial charge in [-0.2, -0.15) is 13.2 Å². The number of nitrogens with one attached hydrogen (secondary N) is 1. The van der Waals surface area contributed by atoms with E-state index in [1.165, 1.54) is 0 Å². The first kappa shape index (κ1) is 19.5. The Balaban J connectivity index is 2.38. The number of piperazine rings is 1. The molecule has 0 unspecified atom stereocenters. The fraction of sp³-hybridized carbons (Fsp3) is 0.571. The zero-order valence-corrected chi connectivity index (χ0v) is 16.8. The third kappa shape index (κ3) is 5.07. The van der Waals surface area contributed by atoms with Crippen LogP contribution in [0, 0.1) is 0 Å². The molecule has 9 heteroatoms. The van der Waals surface area contributed by atoms with Crippen molar-refractivity contribution in [2.75, 3.05) is 26.2 Å². The largest absolute Gasteiger partial charge is 0.506 e. The standard InChI is InChI=1S/C14H16Br3F3N2O/c15-8-7-9(16)13(23)12(17)11(8)10(1-2-14(18,19)20)22-5-3-21-4-6-22/h7,10,21,23H,1-6H2/t10-/m0/s1. The van der Waals surface area contributed by atoms with Crippen molar-refractivity contribution in [2.24, 2.45) is 0 Å². The third-order valence-corrected chi connectivity index (χ3v) is 5.87. The molecule has 1 saturated heterocycles. The molecule has 2 N–H and O–H groups in total. The highest BCUT2D eigenvalue weighted by atomic mass is 79.9. The first-order chi connectivity index (χ1) is 10.7. The van der Waals surface area contributed by atoms with Crippen LogP contribution in [0.1, 0.15) is 24.4 Å². The molecule has 1 aliphatic rings. The van der Waals surface area contributed by atoms with E-state index in [1.807, 2.05) is 4.90 Å².